The lowest BCUT2D eigenvalue weighted by molar-refractivity contribution is -0.385. The summed E-state index contributed by atoms with van der Waals surface area (Å²) in [4.78, 5) is 12.7. The maximum atomic E-state index is 11.1. The fraction of sp³-hybridized carbons (Fsp3) is 0.571. The van der Waals surface area contributed by atoms with Gasteiger partial charge in [-0.15, -0.1) is 0 Å². The molecule has 0 unspecified atom stereocenters. The number of rotatable bonds is 8. The molecule has 0 aliphatic rings. The van der Waals surface area contributed by atoms with Crippen molar-refractivity contribution < 1.29 is 9.66 Å². The highest BCUT2D eigenvalue weighted by molar-refractivity contribution is 5.48. The van der Waals surface area contributed by atoms with Crippen LogP contribution in [0.4, 0.5) is 5.69 Å². The average Bonchev–Trinajstić information content (AvgIpc) is 2.36. The highest BCUT2D eigenvalue weighted by Crippen LogP contribution is 2.28. The van der Waals surface area contributed by atoms with Crippen LogP contribution < -0.4 is 10.1 Å². The van der Waals surface area contributed by atoms with Gasteiger partial charge in [0.2, 0.25) is 0 Å². The lowest BCUT2D eigenvalue weighted by Crippen LogP contribution is -2.22. The van der Waals surface area contributed by atoms with Gasteiger partial charge >= 0.3 is 5.69 Å². The van der Waals surface area contributed by atoms with Gasteiger partial charge in [0, 0.05) is 25.2 Å². The first-order valence-corrected chi connectivity index (χ1v) is 6.68. The van der Waals surface area contributed by atoms with E-state index in [0.29, 0.717) is 31.5 Å². The van der Waals surface area contributed by atoms with E-state index in [1.54, 1.807) is 12.1 Å². The Morgan fingerprint density at radius 1 is 1.40 bits per heavy atom. The molecule has 20 heavy (non-hydrogen) atoms. The molecule has 0 fully saturated rings. The number of ether oxygens (including phenoxy) is 1. The second kappa shape index (κ2) is 7.81. The van der Waals surface area contributed by atoms with E-state index in [4.69, 9.17) is 4.74 Å². The largest absolute Gasteiger partial charge is 0.485 e. The van der Waals surface area contributed by atoms with Crippen LogP contribution in [0.3, 0.4) is 0 Å². The average molecular weight is 281 g/mol. The number of likely N-dealkylation sites (N-methyl/N-ethyl adjacent to an activating group) is 1. The molecule has 6 nitrogen and oxygen atoms in total. The molecule has 0 atom stereocenters. The molecule has 0 aliphatic heterocycles. The minimum atomic E-state index is -0.399. The summed E-state index contributed by atoms with van der Waals surface area (Å²) in [6.07, 6.45) is 0. The first kappa shape index (κ1) is 16.4. The van der Waals surface area contributed by atoms with Crippen molar-refractivity contribution in [2.75, 3.05) is 27.2 Å². The molecule has 1 N–H and O–H groups in total. The third-order valence-corrected chi connectivity index (χ3v) is 2.73. The molecule has 0 amide bonds. The molecular weight excluding hydrogens is 258 g/mol. The predicted octanol–water partition coefficient (Wildman–Crippen LogP) is 2.03. The van der Waals surface area contributed by atoms with Crippen LogP contribution in [0.15, 0.2) is 18.2 Å². The van der Waals surface area contributed by atoms with E-state index >= 15 is 0 Å². The second-order valence-electron chi connectivity index (χ2n) is 5.25. The Balaban J connectivity index is 2.77. The Kier molecular flexibility index (Phi) is 6.41. The molecule has 1 rings (SSSR count). The molecule has 0 saturated heterocycles. The molecule has 0 spiro atoms. The number of hydrogen-bond acceptors (Lipinski definition) is 5. The third-order valence-electron chi connectivity index (χ3n) is 2.73. The van der Waals surface area contributed by atoms with Crippen molar-refractivity contribution in [3.63, 3.8) is 0 Å². The van der Waals surface area contributed by atoms with Crippen LogP contribution in [0, 0.1) is 10.1 Å². The smallest absolute Gasteiger partial charge is 0.311 e. The van der Waals surface area contributed by atoms with Gasteiger partial charge in [0.25, 0.3) is 0 Å². The minimum Gasteiger partial charge on any atom is -0.485 e. The maximum absolute atomic E-state index is 11.1. The van der Waals surface area contributed by atoms with E-state index in [0.717, 1.165) is 5.56 Å². The van der Waals surface area contributed by atoms with Gasteiger partial charge in [-0.2, -0.15) is 0 Å². The molecule has 0 heterocycles. The standard InChI is InChI=1S/C14H23N3O3/c1-11(2)15-10-12-5-6-14(13(9-12)17(18)19)20-8-7-16(3)4/h5-6,9,11,15H,7-8,10H2,1-4H3. The van der Waals surface area contributed by atoms with Crippen LogP contribution >= 0.6 is 0 Å². The molecule has 0 bridgehead atoms. The normalized spacial score (nSPS) is 11.1. The third kappa shape index (κ3) is 5.54. The van der Waals surface area contributed by atoms with Gasteiger partial charge in [0.05, 0.1) is 4.92 Å². The number of nitro groups is 1. The van der Waals surface area contributed by atoms with E-state index in [2.05, 4.69) is 5.32 Å². The Bertz CT molecular complexity index is 447. The van der Waals surface area contributed by atoms with Crippen molar-refractivity contribution in [3.05, 3.63) is 33.9 Å². The Morgan fingerprint density at radius 2 is 2.10 bits per heavy atom. The summed E-state index contributed by atoms with van der Waals surface area (Å²) in [7, 11) is 3.86. The summed E-state index contributed by atoms with van der Waals surface area (Å²) in [5.74, 6) is 0.324. The topological polar surface area (TPSA) is 67.6 Å². The molecule has 112 valence electrons. The fourth-order valence-corrected chi connectivity index (χ4v) is 1.60. The number of nitrogens with one attached hydrogen (secondary N) is 1. The van der Waals surface area contributed by atoms with E-state index < -0.39 is 4.92 Å². The van der Waals surface area contributed by atoms with Crippen molar-refractivity contribution in [2.24, 2.45) is 0 Å². The molecule has 1 aromatic carbocycles. The van der Waals surface area contributed by atoms with Crippen molar-refractivity contribution in [1.82, 2.24) is 10.2 Å². The summed E-state index contributed by atoms with van der Waals surface area (Å²) in [5, 5.41) is 14.3. The highest BCUT2D eigenvalue weighted by atomic mass is 16.6. The van der Waals surface area contributed by atoms with Gasteiger partial charge in [-0.05, 0) is 25.7 Å². The zero-order valence-electron chi connectivity index (χ0n) is 12.5. The van der Waals surface area contributed by atoms with Crippen LogP contribution in [0.25, 0.3) is 0 Å². The lowest BCUT2D eigenvalue weighted by Gasteiger charge is -2.12. The van der Waals surface area contributed by atoms with Crippen molar-refractivity contribution in [2.45, 2.75) is 26.4 Å². The Hall–Kier alpha value is -1.66. The van der Waals surface area contributed by atoms with Crippen LogP contribution in [0.2, 0.25) is 0 Å². The van der Waals surface area contributed by atoms with Crippen LogP contribution in [0.1, 0.15) is 19.4 Å². The van der Waals surface area contributed by atoms with Crippen molar-refractivity contribution in [3.8, 4) is 5.75 Å². The van der Waals surface area contributed by atoms with Crippen LogP contribution in [-0.2, 0) is 6.54 Å². The van der Waals surface area contributed by atoms with E-state index in [9.17, 15) is 10.1 Å². The summed E-state index contributed by atoms with van der Waals surface area (Å²) < 4.78 is 5.49. The monoisotopic (exact) mass is 281 g/mol. The second-order valence-corrected chi connectivity index (χ2v) is 5.25. The predicted molar refractivity (Wildman–Crippen MR) is 79.1 cm³/mol. The van der Waals surface area contributed by atoms with Crippen LogP contribution in [-0.4, -0.2) is 43.1 Å². The highest BCUT2D eigenvalue weighted by Gasteiger charge is 2.16. The molecule has 0 aromatic heterocycles. The number of hydrogen-bond donors (Lipinski definition) is 1. The molecule has 0 radical (unpaired) electrons. The van der Waals surface area contributed by atoms with E-state index in [1.807, 2.05) is 38.9 Å². The van der Waals surface area contributed by atoms with Gasteiger partial charge in [-0.25, -0.2) is 0 Å². The number of benzene rings is 1. The minimum absolute atomic E-state index is 0.0202. The van der Waals surface area contributed by atoms with Gasteiger partial charge in [-0.1, -0.05) is 19.9 Å². The summed E-state index contributed by atoms with van der Waals surface area (Å²) in [6, 6.07) is 5.43. The summed E-state index contributed by atoms with van der Waals surface area (Å²) in [6.45, 7) is 5.82. The quantitative estimate of drug-likeness (QED) is 0.583. The Morgan fingerprint density at radius 3 is 2.65 bits per heavy atom. The van der Waals surface area contributed by atoms with E-state index in [-0.39, 0.29) is 5.69 Å². The van der Waals surface area contributed by atoms with Crippen molar-refractivity contribution in [1.29, 1.82) is 0 Å². The molecule has 0 aliphatic carbocycles. The van der Waals surface area contributed by atoms with Gasteiger partial charge in [0.15, 0.2) is 5.75 Å². The SMILES string of the molecule is CC(C)NCc1ccc(OCCN(C)C)c([N+](=O)[O-])c1. The molecule has 6 heteroatoms. The zero-order valence-corrected chi connectivity index (χ0v) is 12.5. The fourth-order valence-electron chi connectivity index (χ4n) is 1.60. The van der Waals surface area contributed by atoms with Gasteiger partial charge in [0.1, 0.15) is 6.61 Å². The zero-order chi connectivity index (χ0) is 15.1. The van der Waals surface area contributed by atoms with Gasteiger partial charge < -0.3 is 15.0 Å². The molecule has 1 aromatic rings. The van der Waals surface area contributed by atoms with E-state index in [1.165, 1.54) is 0 Å². The number of nitrogens with zero attached hydrogens (tertiary/aromatic N) is 2. The molecule has 0 saturated carbocycles. The first-order chi connectivity index (χ1) is 9.40. The molecular formula is C14H23N3O3. The summed E-state index contributed by atoms with van der Waals surface area (Å²) >= 11 is 0. The summed E-state index contributed by atoms with van der Waals surface area (Å²) in [5.41, 5.74) is 0.900. The first-order valence-electron chi connectivity index (χ1n) is 6.68. The van der Waals surface area contributed by atoms with Gasteiger partial charge in [-0.3, -0.25) is 10.1 Å². The maximum Gasteiger partial charge on any atom is 0.311 e. The Labute approximate surface area is 119 Å². The number of nitro benzene ring substituents is 1. The van der Waals surface area contributed by atoms with Crippen molar-refractivity contribution >= 4 is 5.69 Å². The van der Waals surface area contributed by atoms with Crippen LogP contribution in [0.5, 0.6) is 5.75 Å². The lowest BCUT2D eigenvalue weighted by atomic mass is 10.2.